The van der Waals surface area contributed by atoms with Crippen molar-refractivity contribution < 1.29 is 14.3 Å². The molecule has 0 aliphatic carbocycles. The summed E-state index contributed by atoms with van der Waals surface area (Å²) < 4.78 is 5.05. The number of rotatable bonds is 3. The zero-order chi connectivity index (χ0) is 11.5. The van der Waals surface area contributed by atoms with Crippen molar-refractivity contribution in [3.05, 3.63) is 17.8 Å². The Bertz CT molecular complexity index is 369. The van der Waals surface area contributed by atoms with Crippen LogP contribution in [0.3, 0.4) is 0 Å². The number of hydrogen-bond donors (Lipinski definition) is 0. The van der Waals surface area contributed by atoms with Crippen molar-refractivity contribution in [1.29, 1.82) is 0 Å². The summed E-state index contributed by atoms with van der Waals surface area (Å²) in [5.74, 6) is -1.14. The van der Waals surface area contributed by atoms with Gasteiger partial charge in [-0.05, 0) is 7.05 Å². The molecule has 0 aromatic carbocycles. The quantitative estimate of drug-likeness (QED) is 0.641. The highest BCUT2D eigenvalue weighted by atomic mass is 16.4. The number of hydrogen-bond acceptors (Lipinski definition) is 6. The van der Waals surface area contributed by atoms with Crippen LogP contribution in [-0.2, 0) is 6.54 Å². The van der Waals surface area contributed by atoms with Crippen LogP contribution in [0.1, 0.15) is 16.4 Å². The van der Waals surface area contributed by atoms with Crippen molar-refractivity contribution in [2.24, 2.45) is 0 Å². The summed E-state index contributed by atoms with van der Waals surface area (Å²) in [6, 6.07) is 0. The zero-order valence-electron chi connectivity index (χ0n) is 9.18. The standard InChI is InChI=1S/C10H15N3O3/c1-12-2-4-13(5-3-12)7-8-6-11-9(16-8)10(14)15/h6H,2-5,7H2,1H3,(H,14,15)/p-1. The van der Waals surface area contributed by atoms with Gasteiger partial charge in [-0.3, -0.25) is 4.90 Å². The molecule has 0 spiro atoms. The summed E-state index contributed by atoms with van der Waals surface area (Å²) in [5, 5.41) is 10.5. The molecule has 1 aromatic rings. The Hall–Kier alpha value is -1.40. The molecule has 0 N–H and O–H groups in total. The molecule has 0 bridgehead atoms. The number of carboxylic acid groups (broad SMARTS) is 1. The fourth-order valence-corrected chi connectivity index (χ4v) is 1.70. The zero-order valence-corrected chi connectivity index (χ0v) is 9.18. The second-order valence-electron chi connectivity index (χ2n) is 4.00. The molecule has 1 aromatic heterocycles. The number of carbonyl (C=O) groups is 1. The molecule has 0 saturated carbocycles. The Morgan fingerprint density at radius 1 is 1.50 bits per heavy atom. The van der Waals surface area contributed by atoms with E-state index in [1.165, 1.54) is 6.20 Å². The third kappa shape index (κ3) is 2.59. The molecule has 1 saturated heterocycles. The maximum atomic E-state index is 10.5. The van der Waals surface area contributed by atoms with Gasteiger partial charge < -0.3 is 19.2 Å². The minimum absolute atomic E-state index is 0.343. The van der Waals surface area contributed by atoms with E-state index in [0.717, 1.165) is 26.2 Å². The van der Waals surface area contributed by atoms with E-state index in [1.54, 1.807) is 0 Å². The monoisotopic (exact) mass is 224 g/mol. The van der Waals surface area contributed by atoms with E-state index >= 15 is 0 Å². The first kappa shape index (κ1) is 11.1. The van der Waals surface area contributed by atoms with E-state index in [2.05, 4.69) is 21.8 Å². The van der Waals surface area contributed by atoms with Gasteiger partial charge in [0.1, 0.15) is 11.7 Å². The van der Waals surface area contributed by atoms with Gasteiger partial charge in [-0.25, -0.2) is 4.98 Å². The van der Waals surface area contributed by atoms with Crippen LogP contribution in [0.5, 0.6) is 0 Å². The van der Waals surface area contributed by atoms with Gasteiger partial charge in [0.2, 0.25) is 5.89 Å². The summed E-state index contributed by atoms with van der Waals surface area (Å²) in [4.78, 5) is 18.6. The first-order valence-electron chi connectivity index (χ1n) is 5.22. The Balaban J connectivity index is 1.91. The van der Waals surface area contributed by atoms with Crippen molar-refractivity contribution in [1.82, 2.24) is 14.8 Å². The lowest BCUT2D eigenvalue weighted by atomic mass is 10.3. The first-order chi connectivity index (χ1) is 7.65. The third-order valence-electron chi connectivity index (χ3n) is 2.70. The van der Waals surface area contributed by atoms with Crippen molar-refractivity contribution >= 4 is 5.97 Å². The molecule has 0 unspecified atom stereocenters. The van der Waals surface area contributed by atoms with Crippen LogP contribution in [0.15, 0.2) is 10.6 Å². The van der Waals surface area contributed by atoms with E-state index in [4.69, 9.17) is 4.42 Å². The SMILES string of the molecule is CN1CCN(Cc2cnc(C(=O)[O-])o2)CC1. The molecule has 6 heteroatoms. The van der Waals surface area contributed by atoms with Gasteiger partial charge in [-0.1, -0.05) is 0 Å². The smallest absolute Gasteiger partial charge is 0.242 e. The van der Waals surface area contributed by atoms with E-state index in [9.17, 15) is 9.90 Å². The fraction of sp³-hybridized carbons (Fsp3) is 0.600. The Morgan fingerprint density at radius 2 is 2.19 bits per heavy atom. The minimum atomic E-state index is -1.37. The molecule has 88 valence electrons. The summed E-state index contributed by atoms with van der Waals surface area (Å²) in [5.41, 5.74) is 0. The molecule has 0 atom stereocenters. The van der Waals surface area contributed by atoms with Crippen LogP contribution in [-0.4, -0.2) is 54.0 Å². The molecular formula is C10H14N3O3-. The summed E-state index contributed by atoms with van der Waals surface area (Å²) >= 11 is 0. The minimum Gasteiger partial charge on any atom is -0.540 e. The van der Waals surface area contributed by atoms with Gasteiger partial charge in [0.25, 0.3) is 0 Å². The largest absolute Gasteiger partial charge is 0.540 e. The van der Waals surface area contributed by atoms with Gasteiger partial charge in [-0.15, -0.1) is 0 Å². The van der Waals surface area contributed by atoms with E-state index in [-0.39, 0.29) is 5.89 Å². The number of aromatic carboxylic acids is 1. The normalized spacial score (nSPS) is 18.8. The molecule has 1 aliphatic heterocycles. The second-order valence-corrected chi connectivity index (χ2v) is 4.00. The summed E-state index contributed by atoms with van der Waals surface area (Å²) in [6.45, 7) is 4.55. The molecule has 16 heavy (non-hydrogen) atoms. The molecule has 0 amide bonds. The fourth-order valence-electron chi connectivity index (χ4n) is 1.70. The number of carboxylic acids is 1. The maximum Gasteiger partial charge on any atom is 0.242 e. The van der Waals surface area contributed by atoms with Crippen molar-refractivity contribution in [2.75, 3.05) is 33.2 Å². The maximum absolute atomic E-state index is 10.5. The van der Waals surface area contributed by atoms with Gasteiger partial charge >= 0.3 is 0 Å². The first-order valence-corrected chi connectivity index (χ1v) is 5.22. The van der Waals surface area contributed by atoms with Crippen LogP contribution < -0.4 is 5.11 Å². The highest BCUT2D eigenvalue weighted by Gasteiger charge is 2.15. The summed E-state index contributed by atoms with van der Waals surface area (Å²) in [7, 11) is 2.08. The number of aromatic nitrogens is 1. The lowest BCUT2D eigenvalue weighted by Gasteiger charge is -2.31. The van der Waals surface area contributed by atoms with Gasteiger partial charge in [0.05, 0.1) is 12.7 Å². The molecule has 2 rings (SSSR count). The molecular weight excluding hydrogens is 210 g/mol. The Morgan fingerprint density at radius 3 is 2.75 bits per heavy atom. The topological polar surface area (TPSA) is 72.6 Å². The van der Waals surface area contributed by atoms with Gasteiger partial charge in [-0.2, -0.15) is 0 Å². The van der Waals surface area contributed by atoms with Crippen LogP contribution in [0.25, 0.3) is 0 Å². The number of likely N-dealkylation sites (N-methyl/N-ethyl adjacent to an activating group) is 1. The van der Waals surface area contributed by atoms with Crippen LogP contribution >= 0.6 is 0 Å². The lowest BCUT2D eigenvalue weighted by molar-refractivity contribution is -0.257. The number of oxazole rings is 1. The summed E-state index contributed by atoms with van der Waals surface area (Å²) in [6.07, 6.45) is 1.45. The van der Waals surface area contributed by atoms with Crippen LogP contribution in [0.4, 0.5) is 0 Å². The highest BCUT2D eigenvalue weighted by molar-refractivity contribution is 5.79. The van der Waals surface area contributed by atoms with Crippen LogP contribution in [0.2, 0.25) is 0 Å². The molecule has 6 nitrogen and oxygen atoms in total. The van der Waals surface area contributed by atoms with E-state index < -0.39 is 5.97 Å². The van der Waals surface area contributed by atoms with E-state index in [0.29, 0.717) is 12.3 Å². The second kappa shape index (κ2) is 4.63. The average Bonchev–Trinajstić information content (AvgIpc) is 2.70. The van der Waals surface area contributed by atoms with Crippen molar-refractivity contribution in [3.63, 3.8) is 0 Å². The van der Waals surface area contributed by atoms with Crippen molar-refractivity contribution in [3.8, 4) is 0 Å². The van der Waals surface area contributed by atoms with Gasteiger partial charge in [0.15, 0.2) is 0 Å². The predicted octanol–water partition coefficient (Wildman–Crippen LogP) is -1.21. The molecule has 2 heterocycles. The number of piperazine rings is 1. The Labute approximate surface area is 93.5 Å². The molecule has 1 aliphatic rings. The number of nitrogens with zero attached hydrogens (tertiary/aromatic N) is 3. The van der Waals surface area contributed by atoms with E-state index in [1.807, 2.05) is 0 Å². The third-order valence-corrected chi connectivity index (χ3v) is 2.70. The lowest BCUT2D eigenvalue weighted by Crippen LogP contribution is -2.43. The average molecular weight is 224 g/mol. The van der Waals surface area contributed by atoms with Gasteiger partial charge in [0, 0.05) is 26.2 Å². The van der Waals surface area contributed by atoms with Crippen molar-refractivity contribution in [2.45, 2.75) is 6.54 Å². The molecule has 1 fully saturated rings. The van der Waals surface area contributed by atoms with Crippen LogP contribution in [0, 0.1) is 0 Å². The number of carbonyl (C=O) groups excluding carboxylic acids is 1. The highest BCUT2D eigenvalue weighted by Crippen LogP contribution is 2.09. The predicted molar refractivity (Wildman–Crippen MR) is 53.6 cm³/mol. The Kier molecular flexibility index (Phi) is 3.21. The molecule has 0 radical (unpaired) electrons.